The van der Waals surface area contributed by atoms with Crippen molar-refractivity contribution in [2.24, 2.45) is 5.92 Å². The number of hydrogen-bond donors (Lipinski definition) is 3. The second kappa shape index (κ2) is 8.74. The Morgan fingerprint density at radius 1 is 1.04 bits per heavy atom. The van der Waals surface area contributed by atoms with E-state index in [4.69, 9.17) is 14.2 Å². The molecule has 0 heterocycles. The van der Waals surface area contributed by atoms with Crippen molar-refractivity contribution in [3.63, 3.8) is 0 Å². The van der Waals surface area contributed by atoms with E-state index in [9.17, 15) is 15.0 Å². The molecular weight excluding hydrogens is 392 g/mol. The molecule has 1 fully saturated rings. The first-order valence-corrected chi connectivity index (χ1v) is 16.2. The van der Waals surface area contributed by atoms with Crippen LogP contribution in [0.5, 0.6) is 0 Å². The molecule has 1 rings (SSSR count). The fourth-order valence-electron chi connectivity index (χ4n) is 3.54. The third kappa shape index (κ3) is 6.34. The Balaban J connectivity index is 3.16. The Morgan fingerprint density at radius 2 is 1.57 bits per heavy atom. The molecule has 3 N–H and O–H groups in total. The number of aliphatic hydroxyl groups excluding tert-OH is 1. The van der Waals surface area contributed by atoms with Crippen LogP contribution in [0.4, 0.5) is 0 Å². The lowest BCUT2D eigenvalue weighted by Crippen LogP contribution is -2.57. The molecule has 168 valence electrons. The highest BCUT2D eigenvalue weighted by molar-refractivity contribution is 6.74. The van der Waals surface area contributed by atoms with Crippen LogP contribution < -0.4 is 0 Å². The van der Waals surface area contributed by atoms with Crippen molar-refractivity contribution in [1.29, 1.82) is 0 Å². The van der Waals surface area contributed by atoms with Crippen LogP contribution in [0.2, 0.25) is 36.3 Å². The molecule has 0 bridgehead atoms. The van der Waals surface area contributed by atoms with E-state index < -0.39 is 34.4 Å². The van der Waals surface area contributed by atoms with Gasteiger partial charge in [0.25, 0.3) is 0 Å². The molecule has 0 aromatic heterocycles. The zero-order valence-electron chi connectivity index (χ0n) is 19.6. The summed E-state index contributed by atoms with van der Waals surface area (Å²) in [5.41, 5.74) is -1.13. The van der Waals surface area contributed by atoms with Crippen molar-refractivity contribution < 1.29 is 29.2 Å². The van der Waals surface area contributed by atoms with Crippen molar-refractivity contribution in [2.75, 3.05) is 13.7 Å². The van der Waals surface area contributed by atoms with Crippen LogP contribution in [-0.4, -0.2) is 63.2 Å². The lowest BCUT2D eigenvalue weighted by Gasteiger charge is -2.50. The fourth-order valence-corrected chi connectivity index (χ4v) is 5.64. The molecule has 1 aliphatic carbocycles. The fraction of sp³-hybridized carbons (Fsp3) is 1.00. The molecule has 8 heteroatoms. The van der Waals surface area contributed by atoms with Gasteiger partial charge in [-0.3, -0.25) is 0 Å². The Hall–Kier alpha value is 0.194. The average Bonchev–Trinajstić information content (AvgIpc) is 2.47. The minimum Gasteiger partial charge on any atom is -0.432 e. The number of aliphatic hydroxyl groups is 2. The molecule has 1 aliphatic rings. The first-order valence-electron chi connectivity index (χ1n) is 10.3. The van der Waals surface area contributed by atoms with Crippen molar-refractivity contribution in [3.8, 4) is 0 Å². The minimum absolute atomic E-state index is 0.0000826. The summed E-state index contributed by atoms with van der Waals surface area (Å²) in [6, 6.07) is 0. The summed E-state index contributed by atoms with van der Waals surface area (Å²) < 4.78 is 6.54. The summed E-state index contributed by atoms with van der Waals surface area (Å²) in [5.74, 6) is -0.192. The number of hydrogen-bond acceptors (Lipinski definition) is 6. The summed E-state index contributed by atoms with van der Waals surface area (Å²) >= 11 is 0. The first kappa shape index (κ1) is 26.2. The standard InChI is InChI=1S/C20H44O6Si2/c1-18(2,3)28(9,10)26-16-13-20(22,14-25-24-6)12-15(17(16)21)11-19(4,5)27(7,8)23/h15-17,21-23H,11-14H2,1-10H3/t15?,16-,17?,20+/m1/s1. The maximum absolute atomic E-state index is 11.2. The topological polar surface area (TPSA) is 88.4 Å². The maximum atomic E-state index is 11.2. The van der Waals surface area contributed by atoms with Crippen LogP contribution in [0.1, 0.15) is 53.9 Å². The Kier molecular flexibility index (Phi) is 8.19. The van der Waals surface area contributed by atoms with E-state index in [0.29, 0.717) is 19.3 Å². The molecule has 0 radical (unpaired) electrons. The van der Waals surface area contributed by atoms with Gasteiger partial charge in [-0.25, -0.2) is 9.78 Å². The van der Waals surface area contributed by atoms with E-state index in [-0.39, 0.29) is 22.6 Å². The molecule has 0 amide bonds. The summed E-state index contributed by atoms with van der Waals surface area (Å²) in [5, 5.41) is 22.1. The SMILES string of the molecule is COOC[C@]1(O)CC(CC(C)(C)[Si](C)(C)O)C(O)[C@H](O[Si](C)(C)C(C)(C)C)C1. The molecular formula is C20H44O6Si2. The van der Waals surface area contributed by atoms with Crippen molar-refractivity contribution >= 4 is 16.6 Å². The number of rotatable bonds is 8. The van der Waals surface area contributed by atoms with Gasteiger partial charge >= 0.3 is 0 Å². The zero-order valence-corrected chi connectivity index (χ0v) is 21.6. The Bertz CT molecular complexity index is 472. The predicted octanol–water partition coefficient (Wildman–Crippen LogP) is 3.82. The van der Waals surface area contributed by atoms with E-state index in [1.165, 1.54) is 7.11 Å². The van der Waals surface area contributed by atoms with Crippen LogP contribution in [0.3, 0.4) is 0 Å². The normalized spacial score (nSPS) is 30.5. The molecule has 0 spiro atoms. The van der Waals surface area contributed by atoms with Gasteiger partial charge in [-0.05, 0) is 55.0 Å². The van der Waals surface area contributed by atoms with Gasteiger partial charge in [0.15, 0.2) is 16.6 Å². The molecule has 0 aliphatic heterocycles. The van der Waals surface area contributed by atoms with Crippen LogP contribution in [0.15, 0.2) is 0 Å². The molecule has 2 unspecified atom stereocenters. The minimum atomic E-state index is -2.45. The Labute approximate surface area is 173 Å². The van der Waals surface area contributed by atoms with Gasteiger partial charge in [0.2, 0.25) is 0 Å². The van der Waals surface area contributed by atoms with Gasteiger partial charge in [-0.2, -0.15) is 0 Å². The highest BCUT2D eigenvalue weighted by atomic mass is 28.4. The van der Waals surface area contributed by atoms with E-state index in [2.05, 4.69) is 47.7 Å². The van der Waals surface area contributed by atoms with Crippen molar-refractivity contribution in [3.05, 3.63) is 0 Å². The van der Waals surface area contributed by atoms with E-state index in [0.717, 1.165) is 0 Å². The predicted molar refractivity (Wildman–Crippen MR) is 117 cm³/mol. The van der Waals surface area contributed by atoms with Gasteiger partial charge in [-0.15, -0.1) is 0 Å². The highest BCUT2D eigenvalue weighted by Crippen LogP contribution is 2.48. The average molecular weight is 437 g/mol. The molecule has 0 saturated heterocycles. The third-order valence-corrected chi connectivity index (χ3v) is 15.2. The van der Waals surface area contributed by atoms with Gasteiger partial charge in [0, 0.05) is 6.42 Å². The third-order valence-electron chi connectivity index (χ3n) is 7.21. The second-order valence-electron chi connectivity index (χ2n) is 11.4. The van der Waals surface area contributed by atoms with E-state index in [1.54, 1.807) is 0 Å². The van der Waals surface area contributed by atoms with Crippen molar-refractivity contribution in [2.45, 2.75) is 108 Å². The Morgan fingerprint density at radius 3 is 2.00 bits per heavy atom. The second-order valence-corrected chi connectivity index (χ2v) is 20.6. The van der Waals surface area contributed by atoms with Crippen LogP contribution in [0, 0.1) is 5.92 Å². The largest absolute Gasteiger partial charge is 0.432 e. The summed E-state index contributed by atoms with van der Waals surface area (Å²) in [4.78, 5) is 20.5. The molecule has 1 saturated carbocycles. The summed E-state index contributed by atoms with van der Waals surface area (Å²) in [6.45, 7) is 18.8. The highest BCUT2D eigenvalue weighted by Gasteiger charge is 2.51. The van der Waals surface area contributed by atoms with Gasteiger partial charge < -0.3 is 19.4 Å². The lowest BCUT2D eigenvalue weighted by molar-refractivity contribution is -0.306. The van der Waals surface area contributed by atoms with Crippen LogP contribution in [-0.2, 0) is 14.2 Å². The summed E-state index contributed by atoms with van der Waals surface area (Å²) in [7, 11) is -3.16. The van der Waals surface area contributed by atoms with Crippen LogP contribution >= 0.6 is 0 Å². The van der Waals surface area contributed by atoms with Crippen molar-refractivity contribution in [1.82, 2.24) is 0 Å². The molecule has 4 atom stereocenters. The smallest absolute Gasteiger partial charge is 0.192 e. The molecule has 6 nitrogen and oxygen atoms in total. The maximum Gasteiger partial charge on any atom is 0.192 e. The van der Waals surface area contributed by atoms with Gasteiger partial charge in [0.1, 0.15) is 6.61 Å². The lowest BCUT2D eigenvalue weighted by atomic mass is 9.72. The van der Waals surface area contributed by atoms with Gasteiger partial charge in [-0.1, -0.05) is 34.6 Å². The molecule has 28 heavy (non-hydrogen) atoms. The monoisotopic (exact) mass is 436 g/mol. The zero-order chi connectivity index (χ0) is 22.2. The molecule has 0 aromatic rings. The van der Waals surface area contributed by atoms with Crippen LogP contribution in [0.25, 0.3) is 0 Å². The first-order chi connectivity index (χ1) is 12.4. The quantitative estimate of drug-likeness (QED) is 0.304. The van der Waals surface area contributed by atoms with Gasteiger partial charge in [0.05, 0.1) is 24.9 Å². The van der Waals surface area contributed by atoms with E-state index >= 15 is 0 Å². The molecule has 0 aromatic carbocycles. The summed E-state index contributed by atoms with van der Waals surface area (Å²) in [6.07, 6.45) is 0.164. The van der Waals surface area contributed by atoms with E-state index in [1.807, 2.05) is 13.1 Å².